The minimum Gasteiger partial charge on any atom is -0.480 e. The second-order valence-electron chi connectivity index (χ2n) is 12.3. The normalized spacial score (nSPS) is 14.8. The summed E-state index contributed by atoms with van der Waals surface area (Å²) in [5.41, 5.74) is 7.51. The van der Waals surface area contributed by atoms with Gasteiger partial charge in [0.25, 0.3) is 0 Å². The summed E-state index contributed by atoms with van der Waals surface area (Å²) in [6.45, 7) is 2.82. The van der Waals surface area contributed by atoms with Crippen molar-refractivity contribution in [3.05, 3.63) is 54.2 Å². The van der Waals surface area contributed by atoms with Gasteiger partial charge in [0.05, 0.1) is 24.7 Å². The molecule has 11 N–H and O–H groups in total. The summed E-state index contributed by atoms with van der Waals surface area (Å²) in [4.78, 5) is 88.4. The number of carboxylic acids is 1. The molecule has 2 heterocycles. The van der Waals surface area contributed by atoms with Crippen LogP contribution in [0.15, 0.2) is 43.0 Å². The fourth-order valence-electron chi connectivity index (χ4n) is 5.08. The van der Waals surface area contributed by atoms with E-state index in [1.54, 1.807) is 12.3 Å². The fourth-order valence-corrected chi connectivity index (χ4v) is 5.50. The van der Waals surface area contributed by atoms with Crippen LogP contribution in [0.25, 0.3) is 10.9 Å². The number of carboxylic acid groups (broad SMARTS) is 1. The summed E-state index contributed by atoms with van der Waals surface area (Å²) in [6.07, 6.45) is 4.52. The molecule has 0 bridgehead atoms. The van der Waals surface area contributed by atoms with Crippen LogP contribution in [0.5, 0.6) is 0 Å². The first kappa shape index (κ1) is 40.8. The molecule has 0 fully saturated rings. The van der Waals surface area contributed by atoms with Crippen LogP contribution in [0.3, 0.4) is 0 Å². The van der Waals surface area contributed by atoms with E-state index >= 15 is 0 Å². The summed E-state index contributed by atoms with van der Waals surface area (Å²) in [6, 6.07) is -0.379. The second kappa shape index (κ2) is 19.7. The Bertz CT molecular complexity index is 1650. The zero-order valence-electron chi connectivity index (χ0n) is 28.1. The Morgan fingerprint density at radius 3 is 1.92 bits per heavy atom. The Balaban J connectivity index is 1.92. The number of carbonyl (C=O) groups excluding carboxylic acids is 5. The van der Waals surface area contributed by atoms with Crippen molar-refractivity contribution in [1.82, 2.24) is 41.5 Å². The van der Waals surface area contributed by atoms with Crippen LogP contribution in [0.1, 0.15) is 31.5 Å². The number of aliphatic hydroxyl groups excluding tert-OH is 1. The van der Waals surface area contributed by atoms with Gasteiger partial charge in [0.1, 0.15) is 30.2 Å². The summed E-state index contributed by atoms with van der Waals surface area (Å²) in [5.74, 6) is -5.56. The maximum atomic E-state index is 14.1. The quantitative estimate of drug-likeness (QED) is 0.0589. The molecular weight excluding hydrogens is 703 g/mol. The monoisotopic (exact) mass is 747 g/mol. The first-order chi connectivity index (χ1) is 24.3. The number of imidazole rings is 1. The number of benzene rings is 1. The van der Waals surface area contributed by atoms with E-state index in [9.17, 15) is 39.0 Å². The molecule has 0 saturated heterocycles. The van der Waals surface area contributed by atoms with Crippen molar-refractivity contribution in [3.63, 3.8) is 0 Å². The largest absolute Gasteiger partial charge is 0.480 e. The molecule has 1 aromatic carbocycles. The maximum Gasteiger partial charge on any atom is 0.327 e. The van der Waals surface area contributed by atoms with Crippen LogP contribution >= 0.6 is 25.3 Å². The van der Waals surface area contributed by atoms with E-state index in [4.69, 9.17) is 5.73 Å². The molecule has 0 radical (unpaired) electrons. The Hall–Kier alpha value is -4.59. The number of aromatic nitrogens is 3. The zero-order chi connectivity index (χ0) is 37.7. The molecule has 0 saturated carbocycles. The maximum absolute atomic E-state index is 14.1. The van der Waals surface area contributed by atoms with Crippen LogP contribution in [0, 0.1) is 5.92 Å². The molecule has 0 aliphatic rings. The molecule has 6 atom stereocenters. The number of nitrogens with two attached hydrogens (primary N) is 1. The van der Waals surface area contributed by atoms with Gasteiger partial charge >= 0.3 is 5.97 Å². The molecule has 51 heavy (non-hydrogen) atoms. The number of thiol groups is 2. The summed E-state index contributed by atoms with van der Waals surface area (Å²) in [5, 5.41) is 32.7. The molecular formula is C32H45N9O8S2. The Morgan fingerprint density at radius 1 is 0.784 bits per heavy atom. The van der Waals surface area contributed by atoms with Gasteiger partial charge in [-0.05, 0) is 24.0 Å². The first-order valence-electron chi connectivity index (χ1n) is 16.1. The zero-order valence-corrected chi connectivity index (χ0v) is 29.9. The van der Waals surface area contributed by atoms with Crippen LogP contribution in [-0.2, 0) is 41.6 Å². The molecule has 0 spiro atoms. The van der Waals surface area contributed by atoms with E-state index in [1.165, 1.54) is 12.5 Å². The van der Waals surface area contributed by atoms with Gasteiger partial charge < -0.3 is 52.5 Å². The molecule has 0 aliphatic heterocycles. The van der Waals surface area contributed by atoms with Crippen LogP contribution in [0.2, 0.25) is 0 Å². The standard InChI is InChI=1S/C32H45N9O8S2/c1-16(2)7-22(28(44)41-26(14-51)32(48)49)37-30(46)24(9-18-11-34-15-36-18)39-29(45)23(8-17-10-35-21-6-4-3-5-19(17)21)38-31(47)25(12-42)40-27(43)20(33)13-50/h3-6,10-11,15-16,20,22-26,35,42,50-51H,7-9,12-14,33H2,1-2H3,(H,34,36)(H,37,46)(H,38,47)(H,39,45)(H,40,43)(H,41,44)(H,48,49)/t20-,22-,23-,24-,25-,26-/m0/s1. The molecule has 2 aromatic heterocycles. The van der Waals surface area contributed by atoms with Gasteiger partial charge in [-0.1, -0.05) is 32.0 Å². The topological polar surface area (TPSA) is 274 Å². The number of nitrogens with zero attached hydrogens (tertiary/aromatic N) is 1. The van der Waals surface area contributed by atoms with Gasteiger partial charge in [0.2, 0.25) is 29.5 Å². The number of rotatable bonds is 20. The molecule has 3 aromatic rings. The van der Waals surface area contributed by atoms with Crippen LogP contribution < -0.4 is 32.3 Å². The van der Waals surface area contributed by atoms with Crippen molar-refractivity contribution in [1.29, 1.82) is 0 Å². The van der Waals surface area contributed by atoms with Gasteiger partial charge in [-0.25, -0.2) is 9.78 Å². The number of para-hydroxylation sites is 1. The average Bonchev–Trinajstić information content (AvgIpc) is 3.77. The predicted octanol–water partition coefficient (Wildman–Crippen LogP) is -1.59. The highest BCUT2D eigenvalue weighted by Crippen LogP contribution is 2.19. The number of amides is 5. The molecule has 3 rings (SSSR count). The minimum atomic E-state index is -1.47. The first-order valence-corrected chi connectivity index (χ1v) is 17.4. The third kappa shape index (κ3) is 12.0. The number of aliphatic carboxylic acids is 1. The number of fused-ring (bicyclic) bond motifs is 1. The Morgan fingerprint density at radius 2 is 1.35 bits per heavy atom. The van der Waals surface area contributed by atoms with E-state index in [2.05, 4.69) is 66.8 Å². The summed E-state index contributed by atoms with van der Waals surface area (Å²) < 4.78 is 0. The lowest BCUT2D eigenvalue weighted by atomic mass is 10.0. The number of nitrogens with one attached hydrogen (secondary N) is 7. The van der Waals surface area contributed by atoms with Crippen LogP contribution in [0.4, 0.5) is 0 Å². The van der Waals surface area contributed by atoms with Gasteiger partial charge in [-0.15, -0.1) is 0 Å². The lowest BCUT2D eigenvalue weighted by Gasteiger charge is -2.27. The number of H-pyrrole nitrogens is 2. The number of hydrogen-bond donors (Lipinski definition) is 12. The highest BCUT2D eigenvalue weighted by molar-refractivity contribution is 7.80. The van der Waals surface area contributed by atoms with E-state index in [1.807, 2.05) is 32.0 Å². The predicted molar refractivity (Wildman–Crippen MR) is 194 cm³/mol. The SMILES string of the molecule is CC(C)C[C@H](NC(=O)[C@H](Cc1c[nH]cn1)NC(=O)[C@H](Cc1c[nH]c2ccccc12)NC(=O)[C@H](CO)NC(=O)[C@@H](N)CS)C(=O)N[C@@H](CS)C(=O)O. The van der Waals surface area contributed by atoms with E-state index in [-0.39, 0.29) is 36.7 Å². The molecule has 19 heteroatoms. The molecule has 0 aliphatic carbocycles. The fraction of sp³-hybridized carbons (Fsp3) is 0.469. The van der Waals surface area contributed by atoms with Crippen molar-refractivity contribution in [2.24, 2.45) is 11.7 Å². The second-order valence-corrected chi connectivity index (χ2v) is 13.0. The van der Waals surface area contributed by atoms with E-state index in [0.717, 1.165) is 10.9 Å². The summed E-state index contributed by atoms with van der Waals surface area (Å²) in [7, 11) is 0. The highest BCUT2D eigenvalue weighted by atomic mass is 32.1. The van der Waals surface area contributed by atoms with Crippen LogP contribution in [-0.4, -0.2) is 115 Å². The van der Waals surface area contributed by atoms with E-state index in [0.29, 0.717) is 11.3 Å². The number of aromatic amines is 2. The number of hydrogen-bond acceptors (Lipinski definition) is 11. The van der Waals surface area contributed by atoms with Crippen molar-refractivity contribution >= 4 is 71.7 Å². The van der Waals surface area contributed by atoms with Crippen molar-refractivity contribution in [2.75, 3.05) is 18.1 Å². The highest BCUT2D eigenvalue weighted by Gasteiger charge is 2.33. The van der Waals surface area contributed by atoms with Gasteiger partial charge in [0, 0.05) is 47.6 Å². The number of aliphatic hydroxyl groups is 1. The van der Waals surface area contributed by atoms with Crippen molar-refractivity contribution < 1.29 is 39.0 Å². The van der Waals surface area contributed by atoms with Crippen molar-refractivity contribution in [3.8, 4) is 0 Å². The lowest BCUT2D eigenvalue weighted by molar-refractivity contribution is -0.141. The lowest BCUT2D eigenvalue weighted by Crippen LogP contribution is -2.60. The smallest absolute Gasteiger partial charge is 0.327 e. The summed E-state index contributed by atoms with van der Waals surface area (Å²) >= 11 is 7.96. The Labute approximate surface area is 304 Å². The Kier molecular flexibility index (Phi) is 15.8. The minimum absolute atomic E-state index is 0.0222. The molecule has 278 valence electrons. The number of carbonyl (C=O) groups is 6. The van der Waals surface area contributed by atoms with E-state index < -0.39 is 78.4 Å². The molecule has 0 unspecified atom stereocenters. The van der Waals surface area contributed by atoms with Crippen molar-refractivity contribution in [2.45, 2.75) is 69.4 Å². The molecule has 5 amide bonds. The van der Waals surface area contributed by atoms with Gasteiger partial charge in [-0.3, -0.25) is 24.0 Å². The third-order valence-electron chi connectivity index (χ3n) is 7.82. The van der Waals surface area contributed by atoms with Gasteiger partial charge in [0.15, 0.2) is 0 Å². The average molecular weight is 748 g/mol. The van der Waals surface area contributed by atoms with Gasteiger partial charge in [-0.2, -0.15) is 25.3 Å². The molecule has 17 nitrogen and oxygen atoms in total. The third-order valence-corrected chi connectivity index (χ3v) is 8.58.